The zero-order valence-corrected chi connectivity index (χ0v) is 16.3. The molecule has 0 bridgehead atoms. The molecule has 0 amide bonds. The molecule has 1 aromatic heterocycles. The van der Waals surface area contributed by atoms with E-state index in [1.54, 1.807) is 0 Å². The van der Waals surface area contributed by atoms with E-state index in [4.69, 9.17) is 0 Å². The molecular weight excluding hydrogens is 318 g/mol. The topological polar surface area (TPSA) is 20.5 Å². The van der Waals surface area contributed by atoms with Crippen LogP contribution in [0.15, 0.2) is 59.6 Å². The third-order valence-corrected chi connectivity index (χ3v) is 4.79. The van der Waals surface area contributed by atoms with E-state index in [-0.39, 0.29) is 0 Å². The molecular formula is C23H27N3. The second-order valence-electron chi connectivity index (χ2n) is 6.85. The van der Waals surface area contributed by atoms with E-state index >= 15 is 0 Å². The van der Waals surface area contributed by atoms with Crippen molar-refractivity contribution in [3.63, 3.8) is 0 Å². The van der Waals surface area contributed by atoms with E-state index in [9.17, 15) is 0 Å². The number of rotatable bonds is 5. The van der Waals surface area contributed by atoms with Crippen LogP contribution in [0, 0.1) is 13.8 Å². The summed E-state index contributed by atoms with van der Waals surface area (Å²) < 4.78 is 2.29. The highest BCUT2D eigenvalue weighted by atomic mass is 15.1. The summed E-state index contributed by atoms with van der Waals surface area (Å²) in [5, 5.41) is 0. The zero-order chi connectivity index (χ0) is 18.7. The fourth-order valence-corrected chi connectivity index (χ4v) is 3.18. The SMILES string of the molecule is CCc1ccc(-n2c(C)cc(C=Nc3ccc(N(C)C)cc3)c2C)cc1. The third-order valence-electron chi connectivity index (χ3n) is 4.79. The molecule has 1 heterocycles. The number of aromatic nitrogens is 1. The lowest BCUT2D eigenvalue weighted by atomic mass is 10.1. The van der Waals surface area contributed by atoms with Gasteiger partial charge in [-0.2, -0.15) is 0 Å². The second-order valence-corrected chi connectivity index (χ2v) is 6.85. The van der Waals surface area contributed by atoms with Gasteiger partial charge < -0.3 is 9.47 Å². The molecule has 3 rings (SSSR count). The lowest BCUT2D eigenvalue weighted by Gasteiger charge is -2.11. The minimum Gasteiger partial charge on any atom is -0.378 e. The Morgan fingerprint density at radius 3 is 2.19 bits per heavy atom. The molecule has 0 radical (unpaired) electrons. The number of hydrogen-bond donors (Lipinski definition) is 0. The Bertz CT molecular complexity index is 898. The monoisotopic (exact) mass is 345 g/mol. The summed E-state index contributed by atoms with van der Waals surface area (Å²) in [6, 6.07) is 19.3. The molecule has 0 aliphatic heterocycles. The lowest BCUT2D eigenvalue weighted by molar-refractivity contribution is 0.962. The van der Waals surface area contributed by atoms with Crippen LogP contribution in [0.1, 0.15) is 29.4 Å². The van der Waals surface area contributed by atoms with Gasteiger partial charge in [-0.25, -0.2) is 0 Å². The van der Waals surface area contributed by atoms with Crippen molar-refractivity contribution in [1.82, 2.24) is 4.57 Å². The lowest BCUT2D eigenvalue weighted by Crippen LogP contribution is -2.07. The number of benzene rings is 2. The van der Waals surface area contributed by atoms with Crippen LogP contribution in [0.4, 0.5) is 11.4 Å². The number of nitrogens with zero attached hydrogens (tertiary/aromatic N) is 3. The predicted octanol–water partition coefficient (Wildman–Crippen LogP) is 5.47. The Hall–Kier alpha value is -2.81. The molecule has 0 saturated heterocycles. The van der Waals surface area contributed by atoms with Crippen molar-refractivity contribution in [2.45, 2.75) is 27.2 Å². The van der Waals surface area contributed by atoms with Gasteiger partial charge in [-0.05, 0) is 68.3 Å². The Kier molecular flexibility index (Phi) is 5.27. The van der Waals surface area contributed by atoms with Crippen molar-refractivity contribution < 1.29 is 0 Å². The molecule has 3 nitrogen and oxygen atoms in total. The van der Waals surface area contributed by atoms with Gasteiger partial charge in [0.25, 0.3) is 0 Å². The first-order valence-corrected chi connectivity index (χ1v) is 9.09. The fraction of sp³-hybridized carbons (Fsp3) is 0.261. The molecule has 0 N–H and O–H groups in total. The first-order chi connectivity index (χ1) is 12.5. The van der Waals surface area contributed by atoms with Gasteiger partial charge in [0.1, 0.15) is 0 Å². The number of aliphatic imine (C=N–C) groups is 1. The Balaban J connectivity index is 1.87. The minimum atomic E-state index is 0.965. The molecule has 0 saturated carbocycles. The quantitative estimate of drug-likeness (QED) is 0.561. The Morgan fingerprint density at radius 2 is 1.62 bits per heavy atom. The van der Waals surface area contributed by atoms with Gasteiger partial charge in [-0.15, -0.1) is 0 Å². The summed E-state index contributed by atoms with van der Waals surface area (Å²) >= 11 is 0. The summed E-state index contributed by atoms with van der Waals surface area (Å²) in [7, 11) is 4.08. The van der Waals surface area contributed by atoms with Gasteiger partial charge >= 0.3 is 0 Å². The molecule has 0 aliphatic rings. The fourth-order valence-electron chi connectivity index (χ4n) is 3.18. The Morgan fingerprint density at radius 1 is 0.962 bits per heavy atom. The maximum absolute atomic E-state index is 4.66. The van der Waals surface area contributed by atoms with E-state index in [2.05, 4.69) is 89.8 Å². The molecule has 3 aromatic rings. The number of aryl methyl sites for hydroxylation is 2. The predicted molar refractivity (Wildman–Crippen MR) is 113 cm³/mol. The van der Waals surface area contributed by atoms with Crippen molar-refractivity contribution in [1.29, 1.82) is 0 Å². The number of anilines is 1. The average molecular weight is 345 g/mol. The van der Waals surface area contributed by atoms with E-state index in [1.807, 2.05) is 20.3 Å². The van der Waals surface area contributed by atoms with Crippen molar-refractivity contribution in [3.8, 4) is 5.69 Å². The minimum absolute atomic E-state index is 0.965. The van der Waals surface area contributed by atoms with Gasteiger partial charge in [-0.3, -0.25) is 4.99 Å². The van der Waals surface area contributed by atoms with Gasteiger partial charge in [0.2, 0.25) is 0 Å². The molecule has 2 aromatic carbocycles. The van der Waals surface area contributed by atoms with E-state index < -0.39 is 0 Å². The van der Waals surface area contributed by atoms with Crippen LogP contribution in [0.5, 0.6) is 0 Å². The van der Waals surface area contributed by atoms with Gasteiger partial charge in [-0.1, -0.05) is 19.1 Å². The molecule has 26 heavy (non-hydrogen) atoms. The maximum atomic E-state index is 4.66. The van der Waals surface area contributed by atoms with Crippen LogP contribution in [0.3, 0.4) is 0 Å². The van der Waals surface area contributed by atoms with Gasteiger partial charge in [0.05, 0.1) is 5.69 Å². The summed E-state index contributed by atoms with van der Waals surface area (Å²) in [5.41, 5.74) is 8.28. The summed E-state index contributed by atoms with van der Waals surface area (Å²) in [4.78, 5) is 6.74. The van der Waals surface area contributed by atoms with E-state index in [0.29, 0.717) is 0 Å². The summed E-state index contributed by atoms with van der Waals surface area (Å²) in [5.74, 6) is 0. The van der Waals surface area contributed by atoms with E-state index in [0.717, 1.165) is 17.7 Å². The zero-order valence-electron chi connectivity index (χ0n) is 16.3. The number of hydrogen-bond acceptors (Lipinski definition) is 2. The molecule has 134 valence electrons. The normalized spacial score (nSPS) is 11.3. The first kappa shape index (κ1) is 18.0. The molecule has 3 heteroatoms. The van der Waals surface area contributed by atoms with Crippen molar-refractivity contribution in [3.05, 3.63) is 77.1 Å². The maximum Gasteiger partial charge on any atom is 0.0631 e. The molecule has 0 spiro atoms. The van der Waals surface area contributed by atoms with Crippen LogP contribution >= 0.6 is 0 Å². The summed E-state index contributed by atoms with van der Waals surface area (Å²) in [6.45, 7) is 6.47. The van der Waals surface area contributed by atoms with Crippen molar-refractivity contribution >= 4 is 17.6 Å². The molecule has 0 aliphatic carbocycles. The standard InChI is InChI=1S/C23H27N3/c1-6-19-7-11-23(12-8-19)26-17(2)15-20(18(26)3)16-24-21-9-13-22(14-10-21)25(4)5/h7-16H,6H2,1-5H3. The Labute approximate surface area is 156 Å². The van der Waals surface area contributed by atoms with Gasteiger partial charge in [0.15, 0.2) is 0 Å². The van der Waals surface area contributed by atoms with Crippen LogP contribution < -0.4 is 4.90 Å². The van der Waals surface area contributed by atoms with Crippen LogP contribution in [0.25, 0.3) is 5.69 Å². The molecule has 0 fully saturated rings. The van der Waals surface area contributed by atoms with Crippen molar-refractivity contribution in [2.24, 2.45) is 4.99 Å². The van der Waals surface area contributed by atoms with E-state index in [1.165, 1.54) is 28.3 Å². The van der Waals surface area contributed by atoms with Gasteiger partial charge in [0, 0.05) is 48.6 Å². The highest BCUT2D eigenvalue weighted by Crippen LogP contribution is 2.22. The van der Waals surface area contributed by atoms with Crippen LogP contribution in [-0.4, -0.2) is 24.9 Å². The third kappa shape index (κ3) is 3.72. The first-order valence-electron chi connectivity index (χ1n) is 9.09. The van der Waals surface area contributed by atoms with Crippen molar-refractivity contribution in [2.75, 3.05) is 19.0 Å². The second kappa shape index (κ2) is 7.61. The largest absolute Gasteiger partial charge is 0.378 e. The smallest absolute Gasteiger partial charge is 0.0631 e. The molecule has 0 atom stereocenters. The van der Waals surface area contributed by atoms with Crippen LogP contribution in [-0.2, 0) is 6.42 Å². The highest BCUT2D eigenvalue weighted by molar-refractivity contribution is 5.84. The van der Waals surface area contributed by atoms with Crippen LogP contribution in [0.2, 0.25) is 0 Å². The highest BCUT2D eigenvalue weighted by Gasteiger charge is 2.09. The average Bonchev–Trinajstić information content (AvgIpc) is 2.94. The summed E-state index contributed by atoms with van der Waals surface area (Å²) in [6.07, 6.45) is 3.03. The molecule has 0 unspecified atom stereocenters.